The number of carboxylic acid groups (broad SMARTS) is 1. The van der Waals surface area contributed by atoms with Crippen molar-refractivity contribution in [3.8, 4) is 0 Å². The van der Waals surface area contributed by atoms with Crippen molar-refractivity contribution in [2.24, 2.45) is 7.05 Å². The van der Waals surface area contributed by atoms with Gasteiger partial charge < -0.3 is 14.6 Å². The summed E-state index contributed by atoms with van der Waals surface area (Å²) in [6.07, 6.45) is -0.343. The van der Waals surface area contributed by atoms with E-state index in [0.717, 1.165) is 26.0 Å². The second-order valence-electron chi connectivity index (χ2n) is 8.00. The molecule has 3 aromatic rings. The van der Waals surface area contributed by atoms with Crippen LogP contribution in [0.3, 0.4) is 0 Å². The van der Waals surface area contributed by atoms with E-state index in [9.17, 15) is 24.3 Å². The third-order valence-electron chi connectivity index (χ3n) is 5.58. The molecular weight excluding hydrogens is 448 g/mol. The molecule has 0 unspecified atom stereocenters. The molecule has 1 aromatic carbocycles. The predicted octanol–water partition coefficient (Wildman–Crippen LogP) is 2.69. The van der Waals surface area contributed by atoms with E-state index in [1.165, 1.54) is 28.0 Å². The minimum Gasteiger partial charge on any atom is -0.480 e. The van der Waals surface area contributed by atoms with Crippen LogP contribution in [-0.4, -0.2) is 39.9 Å². The first-order chi connectivity index (χ1) is 15.6. The van der Waals surface area contributed by atoms with E-state index in [1.807, 2.05) is 30.3 Å². The lowest BCUT2D eigenvalue weighted by atomic mass is 9.99. The minimum atomic E-state index is -1.67. The average molecular weight is 475 g/mol. The van der Waals surface area contributed by atoms with E-state index >= 15 is 0 Å². The van der Waals surface area contributed by atoms with Gasteiger partial charge in [0.2, 0.25) is 0 Å². The van der Waals surface area contributed by atoms with Crippen LogP contribution in [0, 0.1) is 0 Å². The van der Waals surface area contributed by atoms with Crippen molar-refractivity contribution in [1.82, 2.24) is 9.13 Å². The molecule has 3 rings (SSSR count). The lowest BCUT2D eigenvalue weighted by Gasteiger charge is -2.24. The van der Waals surface area contributed by atoms with Crippen LogP contribution in [0.1, 0.15) is 47.7 Å². The topological polar surface area (TPSA) is 117 Å². The molecule has 10 heteroatoms. The Morgan fingerprint density at radius 2 is 1.82 bits per heavy atom. The zero-order valence-corrected chi connectivity index (χ0v) is 19.9. The van der Waals surface area contributed by atoms with Crippen molar-refractivity contribution in [2.45, 2.75) is 38.8 Å². The fourth-order valence-electron chi connectivity index (χ4n) is 3.66. The van der Waals surface area contributed by atoms with E-state index in [4.69, 9.17) is 9.47 Å². The molecule has 0 bridgehead atoms. The highest BCUT2D eigenvalue weighted by atomic mass is 32.1. The number of carbonyl (C=O) groups is 2. The first-order valence-electron chi connectivity index (χ1n) is 10.3. The summed E-state index contributed by atoms with van der Waals surface area (Å²) in [5.41, 5.74) is -1.87. The van der Waals surface area contributed by atoms with E-state index < -0.39 is 34.8 Å². The summed E-state index contributed by atoms with van der Waals surface area (Å²) in [4.78, 5) is 51.3. The molecule has 9 nitrogen and oxygen atoms in total. The van der Waals surface area contributed by atoms with Crippen LogP contribution in [-0.2, 0) is 33.3 Å². The number of aliphatic carboxylic acids is 1. The van der Waals surface area contributed by atoms with Crippen LogP contribution in [0.2, 0.25) is 0 Å². The van der Waals surface area contributed by atoms with Gasteiger partial charge in [0.15, 0.2) is 0 Å². The average Bonchev–Trinajstić information content (AvgIpc) is 3.15. The molecule has 2 heterocycles. The lowest BCUT2D eigenvalue weighted by Crippen LogP contribution is -2.48. The predicted molar refractivity (Wildman–Crippen MR) is 124 cm³/mol. The number of methoxy groups -OCH3 is 1. The van der Waals surface area contributed by atoms with Crippen LogP contribution >= 0.6 is 11.3 Å². The fraction of sp³-hybridized carbons (Fsp3) is 0.391. The molecule has 0 amide bonds. The first-order valence-corrected chi connectivity index (χ1v) is 11.1. The van der Waals surface area contributed by atoms with Gasteiger partial charge in [-0.3, -0.25) is 13.9 Å². The van der Waals surface area contributed by atoms with Crippen molar-refractivity contribution in [3.63, 3.8) is 0 Å². The second-order valence-corrected chi connectivity index (χ2v) is 8.99. The van der Waals surface area contributed by atoms with Crippen molar-refractivity contribution >= 4 is 33.5 Å². The van der Waals surface area contributed by atoms with Crippen LogP contribution in [0.5, 0.6) is 0 Å². The molecule has 0 saturated carbocycles. The smallest absolute Gasteiger partial charge is 0.348 e. The van der Waals surface area contributed by atoms with Gasteiger partial charge in [0, 0.05) is 20.6 Å². The number of nitrogens with zero attached hydrogens (tertiary/aromatic N) is 2. The zero-order valence-electron chi connectivity index (χ0n) is 19.1. The molecule has 1 N–H and O–H groups in total. The second kappa shape index (κ2) is 9.32. The summed E-state index contributed by atoms with van der Waals surface area (Å²) in [5, 5.41) is 9.90. The maximum absolute atomic E-state index is 13.2. The monoisotopic (exact) mass is 474 g/mol. The Labute approximate surface area is 193 Å². The van der Waals surface area contributed by atoms with Gasteiger partial charge in [0.1, 0.15) is 15.2 Å². The zero-order chi connectivity index (χ0) is 24.5. The van der Waals surface area contributed by atoms with Gasteiger partial charge in [-0.25, -0.2) is 14.4 Å². The lowest BCUT2D eigenvalue weighted by molar-refractivity contribution is -0.145. The molecule has 1 atom stereocenters. The number of hydrogen-bond donors (Lipinski definition) is 1. The number of esters is 1. The molecule has 0 saturated heterocycles. The highest BCUT2D eigenvalue weighted by Crippen LogP contribution is 2.35. The van der Waals surface area contributed by atoms with Crippen molar-refractivity contribution in [1.29, 1.82) is 0 Å². The van der Waals surface area contributed by atoms with Crippen LogP contribution < -0.4 is 11.2 Å². The molecule has 0 aliphatic carbocycles. The summed E-state index contributed by atoms with van der Waals surface area (Å²) >= 11 is 0.884. The Hall–Kier alpha value is -3.24. The third kappa shape index (κ3) is 4.23. The number of thiophene rings is 1. The van der Waals surface area contributed by atoms with Gasteiger partial charge in [0.25, 0.3) is 5.56 Å². The number of hydrogen-bond acceptors (Lipinski definition) is 7. The standard InChI is InChI=1S/C23H26N2O7S/c1-6-32-20(27)17-14(12-15(31-5)13-10-8-7-9-11-13)16-18(26)24(4)22(30)25(19(16)33-17)23(2,3)21(28)29/h7-11,15H,6,12H2,1-5H3,(H,28,29)/t15-/m1/s1. The Kier molecular flexibility index (Phi) is 6.89. The summed E-state index contributed by atoms with van der Waals surface area (Å²) in [5.74, 6) is -1.90. The molecule has 176 valence electrons. The number of carboxylic acids is 1. The highest BCUT2D eigenvalue weighted by molar-refractivity contribution is 7.20. The Morgan fingerprint density at radius 1 is 1.18 bits per heavy atom. The van der Waals surface area contributed by atoms with Crippen LogP contribution in [0.4, 0.5) is 0 Å². The van der Waals surface area contributed by atoms with Gasteiger partial charge in [-0.1, -0.05) is 30.3 Å². The van der Waals surface area contributed by atoms with Gasteiger partial charge in [-0.15, -0.1) is 11.3 Å². The molecule has 2 aromatic heterocycles. The first kappa shape index (κ1) is 24.4. The summed E-state index contributed by atoms with van der Waals surface area (Å²) in [6, 6.07) is 9.31. The normalized spacial score (nSPS) is 12.6. The van der Waals surface area contributed by atoms with Gasteiger partial charge in [-0.2, -0.15) is 0 Å². The maximum atomic E-state index is 13.2. The largest absolute Gasteiger partial charge is 0.480 e. The molecule has 0 aliphatic heterocycles. The third-order valence-corrected chi connectivity index (χ3v) is 6.77. The summed E-state index contributed by atoms with van der Waals surface area (Å²) in [7, 11) is 2.81. The summed E-state index contributed by atoms with van der Waals surface area (Å²) < 4.78 is 12.8. The number of benzene rings is 1. The van der Waals surface area contributed by atoms with Crippen molar-refractivity contribution in [2.75, 3.05) is 13.7 Å². The molecule has 0 fully saturated rings. The van der Waals surface area contributed by atoms with Gasteiger partial charge >= 0.3 is 17.6 Å². The molecular formula is C23H26N2O7S. The van der Waals surface area contributed by atoms with Crippen molar-refractivity contribution in [3.05, 3.63) is 67.2 Å². The Morgan fingerprint density at radius 3 is 2.36 bits per heavy atom. The number of rotatable bonds is 8. The van der Waals surface area contributed by atoms with Crippen molar-refractivity contribution < 1.29 is 24.2 Å². The molecule has 33 heavy (non-hydrogen) atoms. The van der Waals surface area contributed by atoms with Crippen LogP contribution in [0.15, 0.2) is 39.9 Å². The van der Waals surface area contributed by atoms with Crippen LogP contribution in [0.25, 0.3) is 10.2 Å². The molecule has 0 aliphatic rings. The Bertz CT molecular complexity index is 1320. The van der Waals surface area contributed by atoms with E-state index in [1.54, 1.807) is 6.92 Å². The fourth-order valence-corrected chi connectivity index (χ4v) is 5.01. The quantitative estimate of drug-likeness (QED) is 0.499. The molecule has 0 spiro atoms. The highest BCUT2D eigenvalue weighted by Gasteiger charge is 2.36. The summed E-state index contributed by atoms with van der Waals surface area (Å²) in [6.45, 7) is 4.51. The number of fused-ring (bicyclic) bond motifs is 1. The SMILES string of the molecule is CCOC(=O)c1sc2c(c1C[C@@H](OC)c1ccccc1)c(=O)n(C)c(=O)n2C(C)(C)C(=O)O. The maximum Gasteiger partial charge on any atom is 0.348 e. The van der Waals surface area contributed by atoms with E-state index in [2.05, 4.69) is 0 Å². The minimum absolute atomic E-state index is 0.108. The molecule has 0 radical (unpaired) electrons. The van der Waals surface area contributed by atoms with Gasteiger partial charge in [0.05, 0.1) is 18.1 Å². The number of ether oxygens (including phenoxy) is 2. The van der Waals surface area contributed by atoms with E-state index in [0.29, 0.717) is 5.56 Å². The Balaban J connectivity index is 2.40. The van der Waals surface area contributed by atoms with E-state index in [-0.39, 0.29) is 28.1 Å². The van der Waals surface area contributed by atoms with Gasteiger partial charge in [-0.05, 0) is 31.9 Å². The number of aromatic nitrogens is 2. The number of carbonyl (C=O) groups excluding carboxylic acids is 1.